The SMILES string of the molecule is CN1CCCN(C(=O)c2nc3c(s2)CCCN3CC2CC2)CC1. The summed E-state index contributed by atoms with van der Waals surface area (Å²) in [5, 5.41) is 0.710. The highest BCUT2D eigenvalue weighted by atomic mass is 32.1. The molecule has 126 valence electrons. The maximum atomic E-state index is 12.9. The van der Waals surface area contributed by atoms with E-state index < -0.39 is 0 Å². The van der Waals surface area contributed by atoms with Crippen LogP contribution in [-0.2, 0) is 6.42 Å². The molecule has 4 rings (SSSR count). The van der Waals surface area contributed by atoms with E-state index in [-0.39, 0.29) is 5.91 Å². The van der Waals surface area contributed by atoms with Crippen LogP contribution in [-0.4, -0.2) is 67.0 Å². The number of anilines is 1. The van der Waals surface area contributed by atoms with Crippen LogP contribution in [0.25, 0.3) is 0 Å². The maximum Gasteiger partial charge on any atom is 0.282 e. The van der Waals surface area contributed by atoms with Crippen LogP contribution in [0.4, 0.5) is 5.82 Å². The van der Waals surface area contributed by atoms with Crippen LogP contribution < -0.4 is 4.90 Å². The Morgan fingerprint density at radius 2 is 2.04 bits per heavy atom. The molecular formula is C17H26N4OS. The summed E-state index contributed by atoms with van der Waals surface area (Å²) < 4.78 is 0. The Morgan fingerprint density at radius 1 is 1.17 bits per heavy atom. The van der Waals surface area contributed by atoms with Gasteiger partial charge >= 0.3 is 0 Å². The van der Waals surface area contributed by atoms with Crippen molar-refractivity contribution in [2.75, 3.05) is 51.2 Å². The summed E-state index contributed by atoms with van der Waals surface area (Å²) in [6, 6.07) is 0. The van der Waals surface area contributed by atoms with Crippen LogP contribution in [0.5, 0.6) is 0 Å². The molecule has 1 saturated carbocycles. The average molecular weight is 334 g/mol. The maximum absolute atomic E-state index is 12.9. The number of aromatic nitrogens is 1. The van der Waals surface area contributed by atoms with E-state index in [4.69, 9.17) is 4.98 Å². The third-order valence-electron chi connectivity index (χ3n) is 5.17. The second-order valence-electron chi connectivity index (χ2n) is 7.21. The molecule has 1 amide bonds. The fourth-order valence-electron chi connectivity index (χ4n) is 3.56. The van der Waals surface area contributed by atoms with Crippen LogP contribution in [0.15, 0.2) is 0 Å². The average Bonchev–Trinajstić information content (AvgIpc) is 3.29. The van der Waals surface area contributed by atoms with Gasteiger partial charge in [0.1, 0.15) is 5.82 Å². The van der Waals surface area contributed by atoms with Crippen molar-refractivity contribution >= 4 is 23.1 Å². The van der Waals surface area contributed by atoms with Gasteiger partial charge in [0.05, 0.1) is 0 Å². The molecule has 2 aliphatic heterocycles. The van der Waals surface area contributed by atoms with E-state index in [1.54, 1.807) is 11.3 Å². The molecule has 1 aromatic rings. The summed E-state index contributed by atoms with van der Waals surface area (Å²) in [7, 11) is 2.13. The Bertz CT molecular complexity index is 583. The van der Waals surface area contributed by atoms with E-state index in [9.17, 15) is 4.79 Å². The van der Waals surface area contributed by atoms with Crippen LogP contribution >= 0.6 is 11.3 Å². The van der Waals surface area contributed by atoms with Gasteiger partial charge in [-0.05, 0) is 51.6 Å². The molecule has 0 spiro atoms. The molecule has 0 atom stereocenters. The first-order valence-electron chi connectivity index (χ1n) is 8.93. The molecule has 0 aromatic carbocycles. The van der Waals surface area contributed by atoms with Gasteiger partial charge in [0.2, 0.25) is 0 Å². The van der Waals surface area contributed by atoms with Crippen molar-refractivity contribution in [3.8, 4) is 0 Å². The molecule has 23 heavy (non-hydrogen) atoms. The summed E-state index contributed by atoms with van der Waals surface area (Å²) in [4.78, 5) is 25.7. The molecule has 3 aliphatic rings. The van der Waals surface area contributed by atoms with Gasteiger partial charge in [-0.1, -0.05) is 0 Å². The lowest BCUT2D eigenvalue weighted by Crippen LogP contribution is -2.34. The monoisotopic (exact) mass is 334 g/mol. The Hall–Kier alpha value is -1.14. The number of carbonyl (C=O) groups is 1. The summed E-state index contributed by atoms with van der Waals surface area (Å²) in [5.74, 6) is 2.12. The van der Waals surface area contributed by atoms with Crippen molar-refractivity contribution in [3.63, 3.8) is 0 Å². The second-order valence-corrected chi connectivity index (χ2v) is 8.29. The van der Waals surface area contributed by atoms with E-state index in [2.05, 4.69) is 16.8 Å². The first-order chi connectivity index (χ1) is 11.2. The van der Waals surface area contributed by atoms with Crippen molar-refractivity contribution in [1.29, 1.82) is 0 Å². The van der Waals surface area contributed by atoms with E-state index in [1.165, 1.54) is 24.1 Å². The van der Waals surface area contributed by atoms with Gasteiger partial charge in [-0.25, -0.2) is 4.98 Å². The normalized spacial score (nSPS) is 22.8. The van der Waals surface area contributed by atoms with Gasteiger partial charge in [-0.2, -0.15) is 0 Å². The number of amides is 1. The molecule has 0 unspecified atom stereocenters. The highest BCUT2D eigenvalue weighted by Gasteiger charge is 2.31. The van der Waals surface area contributed by atoms with Crippen molar-refractivity contribution in [1.82, 2.24) is 14.8 Å². The zero-order valence-corrected chi connectivity index (χ0v) is 14.8. The van der Waals surface area contributed by atoms with Crippen molar-refractivity contribution in [2.45, 2.75) is 32.1 Å². The first kappa shape index (κ1) is 15.4. The van der Waals surface area contributed by atoms with Crippen LogP contribution in [0.1, 0.15) is 40.4 Å². The second kappa shape index (κ2) is 6.40. The topological polar surface area (TPSA) is 39.7 Å². The number of nitrogens with zero attached hydrogens (tertiary/aromatic N) is 4. The predicted molar refractivity (Wildman–Crippen MR) is 93.4 cm³/mol. The fraction of sp³-hybridized carbons (Fsp3) is 0.765. The molecule has 3 heterocycles. The van der Waals surface area contributed by atoms with Crippen LogP contribution in [0.3, 0.4) is 0 Å². The van der Waals surface area contributed by atoms with Gasteiger partial charge in [0.25, 0.3) is 5.91 Å². The highest BCUT2D eigenvalue weighted by molar-refractivity contribution is 7.14. The fourth-order valence-corrected chi connectivity index (χ4v) is 4.65. The quantitative estimate of drug-likeness (QED) is 0.848. The molecule has 1 saturated heterocycles. The summed E-state index contributed by atoms with van der Waals surface area (Å²) in [6.45, 7) is 5.97. The number of rotatable bonds is 3. The molecule has 1 aromatic heterocycles. The summed E-state index contributed by atoms with van der Waals surface area (Å²) in [6.07, 6.45) is 6.07. The summed E-state index contributed by atoms with van der Waals surface area (Å²) >= 11 is 1.64. The molecule has 6 heteroatoms. The molecule has 2 fully saturated rings. The largest absolute Gasteiger partial charge is 0.355 e. The Labute approximate surface area is 142 Å². The van der Waals surface area contributed by atoms with Gasteiger partial charge in [0, 0.05) is 37.6 Å². The number of thiazole rings is 1. The third-order valence-corrected chi connectivity index (χ3v) is 6.27. The Kier molecular flexibility index (Phi) is 4.28. The molecule has 0 N–H and O–H groups in total. The van der Waals surface area contributed by atoms with Crippen molar-refractivity contribution in [3.05, 3.63) is 9.88 Å². The van der Waals surface area contributed by atoms with Gasteiger partial charge in [-0.15, -0.1) is 11.3 Å². The molecule has 1 aliphatic carbocycles. The Morgan fingerprint density at radius 3 is 2.87 bits per heavy atom. The van der Waals surface area contributed by atoms with E-state index >= 15 is 0 Å². The molecule has 0 bridgehead atoms. The van der Waals surface area contributed by atoms with Gasteiger partial charge in [0.15, 0.2) is 5.01 Å². The standard InChI is InChI=1S/C17H26N4OS/c1-19-7-3-9-20(11-10-19)17(22)16-18-15-14(23-16)4-2-8-21(15)12-13-5-6-13/h13H,2-12H2,1H3. The number of hydrogen-bond acceptors (Lipinski definition) is 5. The molecule has 0 radical (unpaired) electrons. The minimum atomic E-state index is 0.145. The molecule has 5 nitrogen and oxygen atoms in total. The number of hydrogen-bond donors (Lipinski definition) is 0. The van der Waals surface area contributed by atoms with Crippen molar-refractivity contribution < 1.29 is 4.79 Å². The highest BCUT2D eigenvalue weighted by Crippen LogP contribution is 2.36. The zero-order valence-electron chi connectivity index (χ0n) is 14.0. The van der Waals surface area contributed by atoms with Gasteiger partial charge < -0.3 is 14.7 Å². The Balaban J connectivity index is 1.50. The van der Waals surface area contributed by atoms with E-state index in [0.29, 0.717) is 5.01 Å². The number of fused-ring (bicyclic) bond motifs is 1. The molecular weight excluding hydrogens is 308 g/mol. The van der Waals surface area contributed by atoms with E-state index in [1.807, 2.05) is 4.90 Å². The number of carbonyl (C=O) groups excluding carboxylic acids is 1. The number of likely N-dealkylation sites (N-methyl/N-ethyl adjacent to an activating group) is 1. The lowest BCUT2D eigenvalue weighted by Gasteiger charge is -2.27. The predicted octanol–water partition coefficient (Wildman–Crippen LogP) is 2.08. The van der Waals surface area contributed by atoms with E-state index in [0.717, 1.165) is 63.8 Å². The number of aryl methyl sites for hydroxylation is 1. The van der Waals surface area contributed by atoms with Crippen LogP contribution in [0.2, 0.25) is 0 Å². The first-order valence-corrected chi connectivity index (χ1v) is 9.75. The smallest absolute Gasteiger partial charge is 0.282 e. The van der Waals surface area contributed by atoms with Gasteiger partial charge in [-0.3, -0.25) is 4.79 Å². The minimum absolute atomic E-state index is 0.145. The summed E-state index contributed by atoms with van der Waals surface area (Å²) in [5.41, 5.74) is 0. The van der Waals surface area contributed by atoms with Crippen LogP contribution in [0, 0.1) is 5.92 Å². The third kappa shape index (κ3) is 3.38. The minimum Gasteiger partial charge on any atom is -0.355 e. The zero-order chi connectivity index (χ0) is 15.8. The lowest BCUT2D eigenvalue weighted by molar-refractivity contribution is 0.0762. The lowest BCUT2D eigenvalue weighted by atomic mass is 10.1. The van der Waals surface area contributed by atoms with Crippen molar-refractivity contribution in [2.24, 2.45) is 5.92 Å².